The van der Waals surface area contributed by atoms with E-state index in [1.807, 2.05) is 12.1 Å². The molecule has 2 heterocycles. The van der Waals surface area contributed by atoms with Crippen molar-refractivity contribution in [3.05, 3.63) is 46.3 Å². The molecule has 5 heteroatoms. The number of para-hydroxylation sites is 1. The Bertz CT molecular complexity index is 735. The van der Waals surface area contributed by atoms with Crippen LogP contribution in [-0.2, 0) is 0 Å². The molecule has 0 aliphatic carbocycles. The fraction of sp³-hybridized carbons (Fsp3) is 0.412. The van der Waals surface area contributed by atoms with Crippen LogP contribution >= 0.6 is 0 Å². The van der Waals surface area contributed by atoms with Crippen molar-refractivity contribution in [2.24, 2.45) is 0 Å². The molecule has 116 valence electrons. The molecule has 2 aromatic rings. The SMILES string of the molecule is O=C(c1cc2ccccc2oc1=O)N1CCCCC1CCO. The highest BCUT2D eigenvalue weighted by atomic mass is 16.4. The number of hydrogen-bond donors (Lipinski definition) is 1. The largest absolute Gasteiger partial charge is 0.422 e. The number of hydrogen-bond acceptors (Lipinski definition) is 4. The molecule has 1 aliphatic rings. The van der Waals surface area contributed by atoms with Gasteiger partial charge in [-0.3, -0.25) is 4.79 Å². The molecule has 1 N–H and O–H groups in total. The number of carbonyl (C=O) groups excluding carboxylic acids is 1. The van der Waals surface area contributed by atoms with Crippen molar-refractivity contribution in [1.29, 1.82) is 0 Å². The summed E-state index contributed by atoms with van der Waals surface area (Å²) >= 11 is 0. The third kappa shape index (κ3) is 2.76. The number of rotatable bonds is 3. The maximum Gasteiger partial charge on any atom is 0.349 e. The lowest BCUT2D eigenvalue weighted by Crippen LogP contribution is -2.45. The van der Waals surface area contributed by atoms with Gasteiger partial charge in [0, 0.05) is 24.6 Å². The summed E-state index contributed by atoms with van der Waals surface area (Å²) in [7, 11) is 0. The van der Waals surface area contributed by atoms with Gasteiger partial charge in [-0.05, 0) is 37.8 Å². The van der Waals surface area contributed by atoms with Crippen LogP contribution in [0.25, 0.3) is 11.0 Å². The van der Waals surface area contributed by atoms with Gasteiger partial charge in [0.15, 0.2) is 0 Å². The number of nitrogens with zero attached hydrogens (tertiary/aromatic N) is 1. The Morgan fingerprint density at radius 3 is 2.95 bits per heavy atom. The number of aliphatic hydroxyl groups is 1. The molecule has 1 atom stereocenters. The lowest BCUT2D eigenvalue weighted by atomic mass is 9.98. The molecule has 5 nitrogen and oxygen atoms in total. The normalized spacial score (nSPS) is 18.6. The summed E-state index contributed by atoms with van der Waals surface area (Å²) in [6, 6.07) is 8.75. The molecule has 22 heavy (non-hydrogen) atoms. The Morgan fingerprint density at radius 1 is 1.32 bits per heavy atom. The zero-order chi connectivity index (χ0) is 15.5. The summed E-state index contributed by atoms with van der Waals surface area (Å²) in [5.41, 5.74) is -0.0461. The fourth-order valence-corrected chi connectivity index (χ4v) is 3.08. The molecular weight excluding hydrogens is 282 g/mol. The predicted octanol–water partition coefficient (Wildman–Crippen LogP) is 2.17. The number of fused-ring (bicyclic) bond motifs is 1. The van der Waals surface area contributed by atoms with E-state index in [0.29, 0.717) is 18.5 Å². The third-order valence-corrected chi connectivity index (χ3v) is 4.22. The van der Waals surface area contributed by atoms with Crippen molar-refractivity contribution in [3.63, 3.8) is 0 Å². The highest BCUT2D eigenvalue weighted by molar-refractivity contribution is 5.96. The highest BCUT2D eigenvalue weighted by Gasteiger charge is 2.29. The van der Waals surface area contributed by atoms with E-state index in [-0.39, 0.29) is 24.1 Å². The minimum Gasteiger partial charge on any atom is -0.422 e. The van der Waals surface area contributed by atoms with Gasteiger partial charge in [0.1, 0.15) is 11.1 Å². The lowest BCUT2D eigenvalue weighted by Gasteiger charge is -2.35. The van der Waals surface area contributed by atoms with Crippen LogP contribution in [0.5, 0.6) is 0 Å². The Labute approximate surface area is 128 Å². The van der Waals surface area contributed by atoms with E-state index in [0.717, 1.165) is 24.6 Å². The number of amides is 1. The predicted molar refractivity (Wildman–Crippen MR) is 82.9 cm³/mol. The third-order valence-electron chi connectivity index (χ3n) is 4.22. The molecule has 0 radical (unpaired) electrons. The topological polar surface area (TPSA) is 70.8 Å². The molecule has 1 unspecified atom stereocenters. The Morgan fingerprint density at radius 2 is 2.14 bits per heavy atom. The monoisotopic (exact) mass is 301 g/mol. The van der Waals surface area contributed by atoms with Crippen molar-refractivity contribution in [1.82, 2.24) is 4.90 Å². The number of carbonyl (C=O) groups is 1. The first-order valence-corrected chi connectivity index (χ1v) is 7.65. The number of likely N-dealkylation sites (tertiary alicyclic amines) is 1. The van der Waals surface area contributed by atoms with Crippen LogP contribution in [0, 0.1) is 0 Å². The van der Waals surface area contributed by atoms with Gasteiger partial charge in [0.25, 0.3) is 5.91 Å². The van der Waals surface area contributed by atoms with Gasteiger partial charge in [0.2, 0.25) is 0 Å². The van der Waals surface area contributed by atoms with E-state index in [2.05, 4.69) is 0 Å². The van der Waals surface area contributed by atoms with Crippen LogP contribution in [0.3, 0.4) is 0 Å². The fourth-order valence-electron chi connectivity index (χ4n) is 3.08. The van der Waals surface area contributed by atoms with Crippen LogP contribution < -0.4 is 5.63 Å². The van der Waals surface area contributed by atoms with Gasteiger partial charge >= 0.3 is 5.63 Å². The van der Waals surface area contributed by atoms with E-state index < -0.39 is 5.63 Å². The molecule has 1 aromatic carbocycles. The molecule has 1 aliphatic heterocycles. The Hall–Kier alpha value is -2.14. The van der Waals surface area contributed by atoms with E-state index in [1.54, 1.807) is 23.1 Å². The van der Waals surface area contributed by atoms with Crippen LogP contribution in [0.2, 0.25) is 0 Å². The van der Waals surface area contributed by atoms with Crippen molar-refractivity contribution >= 4 is 16.9 Å². The molecule has 1 saturated heterocycles. The number of benzene rings is 1. The second-order valence-corrected chi connectivity index (χ2v) is 5.65. The first-order valence-electron chi connectivity index (χ1n) is 7.65. The van der Waals surface area contributed by atoms with Gasteiger partial charge in [-0.25, -0.2) is 4.79 Å². The van der Waals surface area contributed by atoms with Crippen molar-refractivity contribution < 1.29 is 14.3 Å². The second-order valence-electron chi connectivity index (χ2n) is 5.65. The second kappa shape index (κ2) is 6.32. The average Bonchev–Trinajstić information content (AvgIpc) is 2.54. The first-order chi connectivity index (χ1) is 10.7. The smallest absolute Gasteiger partial charge is 0.349 e. The van der Waals surface area contributed by atoms with E-state index >= 15 is 0 Å². The standard InChI is InChI=1S/C17H19NO4/c19-10-8-13-6-3-4-9-18(13)16(20)14-11-12-5-1-2-7-15(12)22-17(14)21/h1-2,5,7,11,13,19H,3-4,6,8-10H2. The molecular formula is C17H19NO4. The van der Waals surface area contributed by atoms with Gasteiger partial charge in [0.05, 0.1) is 0 Å². The molecule has 1 fully saturated rings. The molecule has 1 aromatic heterocycles. The van der Waals surface area contributed by atoms with Crippen LogP contribution in [0.15, 0.2) is 39.5 Å². The van der Waals surface area contributed by atoms with E-state index in [4.69, 9.17) is 9.52 Å². The quantitative estimate of drug-likeness (QED) is 0.882. The zero-order valence-electron chi connectivity index (χ0n) is 12.3. The maximum atomic E-state index is 12.7. The Kier molecular flexibility index (Phi) is 4.24. The summed E-state index contributed by atoms with van der Waals surface area (Å²) in [4.78, 5) is 26.6. The van der Waals surface area contributed by atoms with Crippen LogP contribution in [0.4, 0.5) is 0 Å². The summed E-state index contributed by atoms with van der Waals surface area (Å²) in [6.45, 7) is 0.663. The average molecular weight is 301 g/mol. The molecule has 3 rings (SSSR count). The number of aliphatic hydroxyl groups excluding tert-OH is 1. The molecule has 0 bridgehead atoms. The van der Waals surface area contributed by atoms with Gasteiger partial charge in [-0.15, -0.1) is 0 Å². The molecule has 0 spiro atoms. The minimum absolute atomic E-state index is 0.00267. The first kappa shape index (κ1) is 14.8. The van der Waals surface area contributed by atoms with Gasteiger partial charge < -0.3 is 14.4 Å². The minimum atomic E-state index is -0.600. The summed E-state index contributed by atoms with van der Waals surface area (Å²) in [6.07, 6.45) is 3.38. The van der Waals surface area contributed by atoms with E-state index in [9.17, 15) is 9.59 Å². The summed E-state index contributed by atoms with van der Waals surface area (Å²) in [5, 5.41) is 9.90. The summed E-state index contributed by atoms with van der Waals surface area (Å²) < 4.78 is 5.25. The lowest BCUT2D eigenvalue weighted by molar-refractivity contribution is 0.0570. The molecule has 1 amide bonds. The van der Waals surface area contributed by atoms with E-state index in [1.165, 1.54) is 0 Å². The zero-order valence-corrected chi connectivity index (χ0v) is 12.3. The molecule has 0 saturated carbocycles. The Balaban J connectivity index is 1.97. The van der Waals surface area contributed by atoms with Crippen molar-refractivity contribution in [3.8, 4) is 0 Å². The van der Waals surface area contributed by atoms with Crippen LogP contribution in [-0.4, -0.2) is 35.1 Å². The number of piperidine rings is 1. The van der Waals surface area contributed by atoms with Gasteiger partial charge in [-0.2, -0.15) is 0 Å². The maximum absolute atomic E-state index is 12.7. The van der Waals surface area contributed by atoms with Crippen molar-refractivity contribution in [2.75, 3.05) is 13.2 Å². The summed E-state index contributed by atoms with van der Waals surface area (Å²) in [5.74, 6) is -0.294. The highest BCUT2D eigenvalue weighted by Crippen LogP contribution is 2.22. The van der Waals surface area contributed by atoms with Gasteiger partial charge in [-0.1, -0.05) is 18.2 Å². The van der Waals surface area contributed by atoms with Crippen molar-refractivity contribution in [2.45, 2.75) is 31.7 Å². The van der Waals surface area contributed by atoms with Crippen LogP contribution in [0.1, 0.15) is 36.0 Å².